The molecule has 0 aromatic rings. The molecule has 0 radical (unpaired) electrons. The molecule has 1 rings (SSSR count). The van der Waals surface area contributed by atoms with Crippen molar-refractivity contribution in [3.05, 3.63) is 0 Å². The molecule has 3 N–H and O–H groups in total. The SMILES string of the molecule is CSCCNC(=O)NC1(C(=O)O)CCOCC1. The second-order valence-electron chi connectivity index (χ2n) is 3.87. The van der Waals surface area contributed by atoms with Crippen LogP contribution in [0.25, 0.3) is 0 Å². The minimum absolute atomic E-state index is 0.304. The molecule has 0 aliphatic carbocycles. The normalized spacial score (nSPS) is 18.4. The van der Waals surface area contributed by atoms with E-state index in [-0.39, 0.29) is 0 Å². The van der Waals surface area contributed by atoms with E-state index in [1.165, 1.54) is 0 Å². The molecule has 0 aromatic heterocycles. The Kier molecular flexibility index (Phi) is 5.57. The number of urea groups is 1. The predicted octanol–water partition coefficient (Wildman–Crippen LogP) is 0.282. The van der Waals surface area contributed by atoms with Crippen LogP contribution in [0.15, 0.2) is 0 Å². The molecule has 0 aromatic carbocycles. The van der Waals surface area contributed by atoms with Gasteiger partial charge in [0.2, 0.25) is 0 Å². The van der Waals surface area contributed by atoms with E-state index in [1.54, 1.807) is 11.8 Å². The van der Waals surface area contributed by atoms with Gasteiger partial charge in [0.15, 0.2) is 0 Å². The molecule has 1 saturated heterocycles. The fourth-order valence-electron chi connectivity index (χ4n) is 1.64. The smallest absolute Gasteiger partial charge is 0.329 e. The standard InChI is InChI=1S/C10H18N2O4S/c1-17-7-4-11-9(15)12-10(8(13)14)2-5-16-6-3-10/h2-7H2,1H3,(H,13,14)(H2,11,12,15). The number of thioether (sulfide) groups is 1. The minimum Gasteiger partial charge on any atom is -0.480 e. The second-order valence-corrected chi connectivity index (χ2v) is 4.86. The lowest BCUT2D eigenvalue weighted by molar-refractivity contribution is -0.148. The summed E-state index contributed by atoms with van der Waals surface area (Å²) in [4.78, 5) is 22.8. The molecule has 6 nitrogen and oxygen atoms in total. The van der Waals surface area contributed by atoms with Crippen molar-refractivity contribution in [3.63, 3.8) is 0 Å². The molecule has 0 atom stereocenters. The van der Waals surface area contributed by atoms with Crippen molar-refractivity contribution in [2.24, 2.45) is 0 Å². The minimum atomic E-state index is -1.18. The lowest BCUT2D eigenvalue weighted by atomic mass is 9.90. The van der Waals surface area contributed by atoms with Crippen molar-refractivity contribution in [1.29, 1.82) is 0 Å². The number of aliphatic carboxylic acids is 1. The highest BCUT2D eigenvalue weighted by atomic mass is 32.2. The Hall–Kier alpha value is -0.950. The zero-order valence-corrected chi connectivity index (χ0v) is 10.6. The Bertz CT molecular complexity index is 279. The maximum Gasteiger partial charge on any atom is 0.329 e. The van der Waals surface area contributed by atoms with Crippen LogP contribution in [0.3, 0.4) is 0 Å². The summed E-state index contributed by atoms with van der Waals surface area (Å²) in [7, 11) is 0. The van der Waals surface area contributed by atoms with Crippen LogP contribution in [0.1, 0.15) is 12.8 Å². The molecule has 0 spiro atoms. The number of ether oxygens (including phenoxy) is 1. The molecule has 1 fully saturated rings. The van der Waals surface area contributed by atoms with Crippen molar-refractivity contribution >= 4 is 23.8 Å². The molecule has 1 heterocycles. The van der Waals surface area contributed by atoms with Gasteiger partial charge in [0.1, 0.15) is 5.54 Å². The first-order chi connectivity index (χ1) is 8.10. The van der Waals surface area contributed by atoms with Crippen molar-refractivity contribution in [2.45, 2.75) is 18.4 Å². The van der Waals surface area contributed by atoms with Gasteiger partial charge in [-0.15, -0.1) is 0 Å². The lowest BCUT2D eigenvalue weighted by Crippen LogP contribution is -2.59. The van der Waals surface area contributed by atoms with E-state index in [4.69, 9.17) is 4.74 Å². The zero-order valence-electron chi connectivity index (χ0n) is 9.82. The van der Waals surface area contributed by atoms with Crippen LogP contribution < -0.4 is 10.6 Å². The topological polar surface area (TPSA) is 87.7 Å². The van der Waals surface area contributed by atoms with E-state index in [0.717, 1.165) is 5.75 Å². The van der Waals surface area contributed by atoms with E-state index in [1.807, 2.05) is 6.26 Å². The number of carboxylic acids is 1. The average Bonchev–Trinajstić information content (AvgIpc) is 2.30. The van der Waals surface area contributed by atoms with Crippen LogP contribution in [0.5, 0.6) is 0 Å². The second kappa shape index (κ2) is 6.70. The third kappa shape index (κ3) is 4.08. The van der Waals surface area contributed by atoms with Crippen molar-refractivity contribution < 1.29 is 19.4 Å². The van der Waals surface area contributed by atoms with Gasteiger partial charge in [0, 0.05) is 38.4 Å². The number of carbonyl (C=O) groups excluding carboxylic acids is 1. The Labute approximate surface area is 104 Å². The summed E-state index contributed by atoms with van der Waals surface area (Å²) < 4.78 is 5.12. The predicted molar refractivity (Wildman–Crippen MR) is 65.3 cm³/mol. The number of hydrogen-bond donors (Lipinski definition) is 3. The summed E-state index contributed by atoms with van der Waals surface area (Å²) in [5.41, 5.74) is -1.18. The van der Waals surface area contributed by atoms with Crippen molar-refractivity contribution in [1.82, 2.24) is 10.6 Å². The number of rotatable bonds is 5. The van der Waals surface area contributed by atoms with Gasteiger partial charge < -0.3 is 20.5 Å². The monoisotopic (exact) mass is 262 g/mol. The van der Waals surface area contributed by atoms with Gasteiger partial charge in [0.25, 0.3) is 0 Å². The quantitative estimate of drug-likeness (QED) is 0.620. The number of carboxylic acid groups (broad SMARTS) is 1. The maximum atomic E-state index is 11.6. The number of amides is 2. The average molecular weight is 262 g/mol. The summed E-state index contributed by atoms with van der Waals surface area (Å²) in [6.45, 7) is 1.24. The number of carbonyl (C=O) groups is 2. The molecule has 0 bridgehead atoms. The lowest BCUT2D eigenvalue weighted by Gasteiger charge is -2.33. The van der Waals surface area contributed by atoms with Crippen LogP contribution >= 0.6 is 11.8 Å². The van der Waals surface area contributed by atoms with Gasteiger partial charge in [-0.05, 0) is 6.26 Å². The number of nitrogens with one attached hydrogen (secondary N) is 2. The van der Waals surface area contributed by atoms with E-state index in [2.05, 4.69) is 10.6 Å². The highest BCUT2D eigenvalue weighted by Crippen LogP contribution is 2.20. The molecule has 2 amide bonds. The Morgan fingerprint density at radius 2 is 2.06 bits per heavy atom. The largest absolute Gasteiger partial charge is 0.480 e. The van der Waals surface area contributed by atoms with Gasteiger partial charge in [-0.2, -0.15) is 11.8 Å². The van der Waals surface area contributed by atoms with Crippen molar-refractivity contribution in [2.75, 3.05) is 31.8 Å². The molecule has 17 heavy (non-hydrogen) atoms. The van der Waals surface area contributed by atoms with Crippen LogP contribution in [0, 0.1) is 0 Å². The molecule has 98 valence electrons. The fraction of sp³-hybridized carbons (Fsp3) is 0.800. The van der Waals surface area contributed by atoms with Crippen LogP contribution in [-0.4, -0.2) is 54.4 Å². The molecule has 7 heteroatoms. The van der Waals surface area contributed by atoms with Gasteiger partial charge in [-0.3, -0.25) is 0 Å². The Morgan fingerprint density at radius 3 is 2.59 bits per heavy atom. The summed E-state index contributed by atoms with van der Waals surface area (Å²) in [6.07, 6.45) is 2.55. The molecule has 0 saturated carbocycles. The summed E-state index contributed by atoms with van der Waals surface area (Å²) in [5.74, 6) is -0.197. The summed E-state index contributed by atoms with van der Waals surface area (Å²) in [5, 5.41) is 14.4. The van der Waals surface area contributed by atoms with Crippen LogP contribution in [0.4, 0.5) is 4.79 Å². The first-order valence-electron chi connectivity index (χ1n) is 5.47. The Morgan fingerprint density at radius 1 is 1.41 bits per heavy atom. The third-order valence-electron chi connectivity index (χ3n) is 2.70. The molecule has 0 unspecified atom stereocenters. The zero-order chi connectivity index (χ0) is 12.7. The first-order valence-corrected chi connectivity index (χ1v) is 6.86. The van der Waals surface area contributed by atoms with Gasteiger partial charge >= 0.3 is 12.0 Å². The van der Waals surface area contributed by atoms with Crippen LogP contribution in [-0.2, 0) is 9.53 Å². The molecule has 1 aliphatic rings. The van der Waals surface area contributed by atoms with Gasteiger partial charge in [0.05, 0.1) is 0 Å². The van der Waals surface area contributed by atoms with E-state index >= 15 is 0 Å². The van der Waals surface area contributed by atoms with Crippen molar-refractivity contribution in [3.8, 4) is 0 Å². The van der Waals surface area contributed by atoms with Gasteiger partial charge in [-0.25, -0.2) is 9.59 Å². The molecular weight excluding hydrogens is 244 g/mol. The number of hydrogen-bond acceptors (Lipinski definition) is 4. The fourth-order valence-corrected chi connectivity index (χ4v) is 1.95. The van der Waals surface area contributed by atoms with E-state index in [0.29, 0.717) is 32.6 Å². The van der Waals surface area contributed by atoms with E-state index < -0.39 is 17.5 Å². The first kappa shape index (κ1) is 14.1. The molecule has 1 aliphatic heterocycles. The maximum absolute atomic E-state index is 11.6. The third-order valence-corrected chi connectivity index (χ3v) is 3.31. The molecular formula is C10H18N2O4S. The Balaban J connectivity index is 2.48. The van der Waals surface area contributed by atoms with E-state index in [9.17, 15) is 14.7 Å². The van der Waals surface area contributed by atoms with Crippen LogP contribution in [0.2, 0.25) is 0 Å². The summed E-state index contributed by atoms with van der Waals surface area (Å²) in [6, 6.07) is -0.427. The highest BCUT2D eigenvalue weighted by molar-refractivity contribution is 7.98. The highest BCUT2D eigenvalue weighted by Gasteiger charge is 2.41. The summed E-state index contributed by atoms with van der Waals surface area (Å²) >= 11 is 1.62. The van der Waals surface area contributed by atoms with Gasteiger partial charge in [-0.1, -0.05) is 0 Å².